The quantitative estimate of drug-likeness (QED) is 0.790. The molecule has 5 rings (SSSR count). The van der Waals surface area contributed by atoms with Crippen molar-refractivity contribution in [1.82, 2.24) is 24.6 Å². The summed E-state index contributed by atoms with van der Waals surface area (Å²) in [7, 11) is 0. The van der Waals surface area contributed by atoms with Gasteiger partial charge in [-0.05, 0) is 48.9 Å². The van der Waals surface area contributed by atoms with Gasteiger partial charge in [-0.15, -0.1) is 0 Å². The highest BCUT2D eigenvalue weighted by Crippen LogP contribution is 2.30. The number of hydrogen-bond acceptors (Lipinski definition) is 3. The van der Waals surface area contributed by atoms with Gasteiger partial charge in [-0.3, -0.25) is 9.25 Å². The Bertz CT molecular complexity index is 866. The van der Waals surface area contributed by atoms with E-state index in [2.05, 4.69) is 50.0 Å². The van der Waals surface area contributed by atoms with E-state index in [0.29, 0.717) is 0 Å². The summed E-state index contributed by atoms with van der Waals surface area (Å²) in [5, 5.41) is 8.18. The van der Waals surface area contributed by atoms with Crippen LogP contribution in [0.1, 0.15) is 29.7 Å². The summed E-state index contributed by atoms with van der Waals surface area (Å²) in [5.74, 6) is 0.941. The molecule has 24 heavy (non-hydrogen) atoms. The Labute approximate surface area is 141 Å². The highest BCUT2D eigenvalue weighted by molar-refractivity contribution is 5.58. The maximum atomic E-state index is 4.78. The SMILES string of the molecule is c1cc2c(c(-n3ccnc3-c3cc4n(n3)CCNC4)c1)CCCC2. The van der Waals surface area contributed by atoms with Gasteiger partial charge in [-0.25, -0.2) is 4.98 Å². The fourth-order valence-electron chi connectivity index (χ4n) is 3.98. The highest BCUT2D eigenvalue weighted by Gasteiger charge is 2.19. The molecule has 0 saturated heterocycles. The first-order chi connectivity index (χ1) is 11.9. The van der Waals surface area contributed by atoms with E-state index in [9.17, 15) is 0 Å². The van der Waals surface area contributed by atoms with E-state index < -0.39 is 0 Å². The Morgan fingerprint density at radius 1 is 1.12 bits per heavy atom. The molecular weight excluding hydrogens is 298 g/mol. The fourth-order valence-corrected chi connectivity index (χ4v) is 3.98. The molecule has 1 aromatic carbocycles. The van der Waals surface area contributed by atoms with Crippen LogP contribution in [-0.4, -0.2) is 25.9 Å². The van der Waals surface area contributed by atoms with Gasteiger partial charge in [-0.2, -0.15) is 5.10 Å². The molecule has 3 heterocycles. The molecule has 0 bridgehead atoms. The third kappa shape index (κ3) is 2.19. The molecule has 1 aliphatic carbocycles. The van der Waals surface area contributed by atoms with Crippen LogP contribution in [0.5, 0.6) is 0 Å². The average molecular weight is 319 g/mol. The number of hydrogen-bond donors (Lipinski definition) is 1. The van der Waals surface area contributed by atoms with Gasteiger partial charge < -0.3 is 5.32 Å². The van der Waals surface area contributed by atoms with Crippen molar-refractivity contribution in [2.24, 2.45) is 0 Å². The number of benzene rings is 1. The normalized spacial score (nSPS) is 16.7. The molecular formula is C19H21N5. The molecule has 1 N–H and O–H groups in total. The van der Waals surface area contributed by atoms with Crippen LogP contribution >= 0.6 is 0 Å². The molecule has 5 heteroatoms. The van der Waals surface area contributed by atoms with E-state index in [-0.39, 0.29) is 0 Å². The van der Waals surface area contributed by atoms with Crippen LogP contribution in [0, 0.1) is 0 Å². The lowest BCUT2D eigenvalue weighted by atomic mass is 9.90. The maximum absolute atomic E-state index is 4.78. The topological polar surface area (TPSA) is 47.7 Å². The summed E-state index contributed by atoms with van der Waals surface area (Å²) in [6.45, 7) is 2.79. The number of aromatic nitrogens is 4. The molecule has 122 valence electrons. The van der Waals surface area contributed by atoms with Gasteiger partial charge in [0.2, 0.25) is 0 Å². The predicted molar refractivity (Wildman–Crippen MR) is 93.1 cm³/mol. The monoisotopic (exact) mass is 319 g/mol. The second-order valence-corrected chi connectivity index (χ2v) is 6.66. The molecule has 2 aromatic heterocycles. The standard InChI is InChI=1S/C19H21N5/c1-2-6-16-14(4-1)5-3-7-18(16)23-10-9-21-19(23)17-12-15-13-20-8-11-24(15)22-17/h3,5,7,9-10,12,20H,1-2,4,6,8,11,13H2. The van der Waals surface area contributed by atoms with Gasteiger partial charge in [0.25, 0.3) is 0 Å². The van der Waals surface area contributed by atoms with Crippen molar-refractivity contribution in [3.05, 3.63) is 53.5 Å². The minimum atomic E-state index is 0.883. The van der Waals surface area contributed by atoms with E-state index in [0.717, 1.165) is 37.6 Å². The zero-order valence-corrected chi connectivity index (χ0v) is 13.7. The summed E-state index contributed by atoms with van der Waals surface area (Å²) >= 11 is 0. The first-order valence-corrected chi connectivity index (χ1v) is 8.82. The molecule has 0 radical (unpaired) electrons. The Morgan fingerprint density at radius 2 is 2.08 bits per heavy atom. The Hall–Kier alpha value is -2.40. The van der Waals surface area contributed by atoms with Gasteiger partial charge in [-0.1, -0.05) is 12.1 Å². The van der Waals surface area contributed by atoms with Crippen molar-refractivity contribution in [2.45, 2.75) is 38.8 Å². The van der Waals surface area contributed by atoms with Gasteiger partial charge in [0, 0.05) is 25.5 Å². The molecule has 0 atom stereocenters. The van der Waals surface area contributed by atoms with E-state index in [4.69, 9.17) is 5.10 Å². The van der Waals surface area contributed by atoms with Crippen molar-refractivity contribution < 1.29 is 0 Å². The Balaban J connectivity index is 1.62. The predicted octanol–water partition coefficient (Wildman–Crippen LogP) is 2.72. The van der Waals surface area contributed by atoms with Crippen LogP contribution in [0.2, 0.25) is 0 Å². The largest absolute Gasteiger partial charge is 0.309 e. The van der Waals surface area contributed by atoms with Crippen molar-refractivity contribution >= 4 is 0 Å². The Kier molecular flexibility index (Phi) is 3.26. The lowest BCUT2D eigenvalue weighted by Gasteiger charge is -2.20. The molecule has 5 nitrogen and oxygen atoms in total. The van der Waals surface area contributed by atoms with Gasteiger partial charge in [0.15, 0.2) is 5.82 Å². The molecule has 1 aliphatic heterocycles. The number of rotatable bonds is 2. The maximum Gasteiger partial charge on any atom is 0.165 e. The number of fused-ring (bicyclic) bond motifs is 2. The van der Waals surface area contributed by atoms with Crippen LogP contribution in [0.15, 0.2) is 36.7 Å². The fraction of sp³-hybridized carbons (Fsp3) is 0.368. The summed E-state index contributed by atoms with van der Waals surface area (Å²) in [6, 6.07) is 8.83. The van der Waals surface area contributed by atoms with E-state index in [1.807, 2.05) is 6.20 Å². The van der Waals surface area contributed by atoms with E-state index in [1.54, 1.807) is 0 Å². The van der Waals surface area contributed by atoms with Crippen molar-refractivity contribution in [3.8, 4) is 17.2 Å². The van der Waals surface area contributed by atoms with E-state index in [1.165, 1.54) is 41.8 Å². The summed E-state index contributed by atoms with van der Waals surface area (Å²) < 4.78 is 4.32. The van der Waals surface area contributed by atoms with Crippen LogP contribution in [-0.2, 0) is 25.9 Å². The zero-order valence-electron chi connectivity index (χ0n) is 13.7. The van der Waals surface area contributed by atoms with Crippen LogP contribution in [0.3, 0.4) is 0 Å². The molecule has 0 spiro atoms. The van der Waals surface area contributed by atoms with Crippen LogP contribution in [0.4, 0.5) is 0 Å². The molecule has 0 fully saturated rings. The van der Waals surface area contributed by atoms with E-state index >= 15 is 0 Å². The van der Waals surface area contributed by atoms with Gasteiger partial charge in [0.1, 0.15) is 5.69 Å². The second kappa shape index (κ2) is 5.60. The average Bonchev–Trinajstić information content (AvgIpc) is 3.27. The van der Waals surface area contributed by atoms with Crippen molar-refractivity contribution in [1.29, 1.82) is 0 Å². The molecule has 0 unspecified atom stereocenters. The van der Waals surface area contributed by atoms with Crippen molar-refractivity contribution in [2.75, 3.05) is 6.54 Å². The summed E-state index contributed by atoms with van der Waals surface area (Å²) in [5.41, 5.74) is 6.44. The number of nitrogens with zero attached hydrogens (tertiary/aromatic N) is 4. The minimum absolute atomic E-state index is 0.883. The summed E-state index contributed by atoms with van der Waals surface area (Å²) in [4.78, 5) is 4.62. The van der Waals surface area contributed by atoms with Crippen LogP contribution in [0.25, 0.3) is 17.2 Å². The zero-order chi connectivity index (χ0) is 15.9. The van der Waals surface area contributed by atoms with Crippen LogP contribution < -0.4 is 5.32 Å². The second-order valence-electron chi connectivity index (χ2n) is 6.66. The van der Waals surface area contributed by atoms with Gasteiger partial charge >= 0.3 is 0 Å². The lowest BCUT2D eigenvalue weighted by molar-refractivity contribution is 0.476. The van der Waals surface area contributed by atoms with Crippen molar-refractivity contribution in [3.63, 3.8) is 0 Å². The first kappa shape index (κ1) is 14.0. The number of nitrogens with one attached hydrogen (secondary N) is 1. The molecule has 3 aromatic rings. The third-order valence-electron chi connectivity index (χ3n) is 5.17. The molecule has 2 aliphatic rings. The Morgan fingerprint density at radius 3 is 3.04 bits per heavy atom. The molecule has 0 saturated carbocycles. The summed E-state index contributed by atoms with van der Waals surface area (Å²) in [6.07, 6.45) is 8.88. The number of imidazole rings is 1. The highest BCUT2D eigenvalue weighted by atomic mass is 15.3. The molecule has 0 amide bonds. The van der Waals surface area contributed by atoms with Gasteiger partial charge in [0.05, 0.1) is 17.9 Å². The third-order valence-corrected chi connectivity index (χ3v) is 5.17. The number of aryl methyl sites for hydroxylation is 1. The smallest absolute Gasteiger partial charge is 0.165 e. The minimum Gasteiger partial charge on any atom is -0.309 e. The first-order valence-electron chi connectivity index (χ1n) is 8.82. The lowest BCUT2D eigenvalue weighted by Crippen LogP contribution is -2.28.